The van der Waals surface area contributed by atoms with Gasteiger partial charge in [0.25, 0.3) is 0 Å². The molecule has 0 saturated carbocycles. The van der Waals surface area contributed by atoms with Gasteiger partial charge in [-0.2, -0.15) is 5.26 Å². The molecule has 0 fully saturated rings. The van der Waals surface area contributed by atoms with E-state index in [1.165, 1.54) is 12.1 Å². The van der Waals surface area contributed by atoms with Crippen LogP contribution in [0.4, 0.5) is 4.39 Å². The fraction of sp³-hybridized carbons (Fsp3) is 0.167. The van der Waals surface area contributed by atoms with Crippen LogP contribution in [0.15, 0.2) is 70.3 Å². The highest BCUT2D eigenvalue weighted by molar-refractivity contribution is 9.10. The lowest BCUT2D eigenvalue weighted by Gasteiger charge is -2.14. The molecule has 0 unspecified atom stereocenters. The van der Waals surface area contributed by atoms with Crippen LogP contribution in [0.2, 0.25) is 0 Å². The van der Waals surface area contributed by atoms with Crippen LogP contribution in [0.1, 0.15) is 29.2 Å². The Morgan fingerprint density at radius 2 is 1.84 bits per heavy atom. The molecule has 0 aliphatic heterocycles. The number of nitriles is 1. The van der Waals surface area contributed by atoms with Crippen molar-refractivity contribution in [2.75, 3.05) is 6.61 Å². The van der Waals surface area contributed by atoms with Gasteiger partial charge in [-0.25, -0.2) is 4.39 Å². The lowest BCUT2D eigenvalue weighted by Crippen LogP contribution is -2.01. The molecule has 7 heteroatoms. The molecular weight excluding hydrogens is 463 g/mol. The van der Waals surface area contributed by atoms with E-state index in [9.17, 15) is 4.39 Å². The lowest BCUT2D eigenvalue weighted by molar-refractivity contribution is 0.132. The molecule has 0 aromatic heterocycles. The minimum Gasteiger partial charge on any atom is -0.490 e. The number of benzene rings is 3. The third-order valence-corrected chi connectivity index (χ3v) is 4.85. The molecule has 0 spiro atoms. The standard InChI is InChI=1S/C24H20BrFN2O3/c1-2-29-23-12-18(14-28-31-16-20-6-4-3-5-19(20)13-27)11-22(25)24(23)30-15-17-7-9-21(26)10-8-17/h3-12,14H,2,15-16H2,1H3/b28-14-. The Morgan fingerprint density at radius 1 is 1.06 bits per heavy atom. The molecule has 0 amide bonds. The zero-order chi connectivity index (χ0) is 22.1. The van der Waals surface area contributed by atoms with Crippen LogP contribution >= 0.6 is 15.9 Å². The predicted molar refractivity (Wildman–Crippen MR) is 120 cm³/mol. The average molecular weight is 483 g/mol. The van der Waals surface area contributed by atoms with Gasteiger partial charge in [-0.3, -0.25) is 0 Å². The molecule has 3 aromatic carbocycles. The van der Waals surface area contributed by atoms with E-state index in [0.717, 1.165) is 16.7 Å². The first-order valence-electron chi connectivity index (χ1n) is 9.57. The first kappa shape index (κ1) is 22.3. The summed E-state index contributed by atoms with van der Waals surface area (Å²) in [5.74, 6) is 0.810. The van der Waals surface area contributed by atoms with Gasteiger partial charge in [0.15, 0.2) is 11.5 Å². The predicted octanol–water partition coefficient (Wildman–Crippen LogP) is 5.99. The van der Waals surface area contributed by atoms with E-state index >= 15 is 0 Å². The molecular formula is C24H20BrFN2O3. The van der Waals surface area contributed by atoms with Crippen LogP contribution in [0.5, 0.6) is 11.5 Å². The molecule has 0 saturated heterocycles. The summed E-state index contributed by atoms with van der Waals surface area (Å²) >= 11 is 3.51. The number of nitrogens with zero attached hydrogens (tertiary/aromatic N) is 2. The highest BCUT2D eigenvalue weighted by atomic mass is 79.9. The topological polar surface area (TPSA) is 63.8 Å². The van der Waals surface area contributed by atoms with Crippen LogP contribution in [0, 0.1) is 17.1 Å². The molecule has 31 heavy (non-hydrogen) atoms. The Labute approximate surface area is 188 Å². The number of hydrogen-bond acceptors (Lipinski definition) is 5. The van der Waals surface area contributed by atoms with Gasteiger partial charge in [0.05, 0.1) is 28.9 Å². The molecule has 0 aliphatic rings. The SMILES string of the molecule is CCOc1cc(/C=N\OCc2ccccc2C#N)cc(Br)c1OCc1ccc(F)cc1. The van der Waals surface area contributed by atoms with Crippen LogP contribution in [-0.4, -0.2) is 12.8 Å². The molecule has 158 valence electrons. The van der Waals surface area contributed by atoms with E-state index < -0.39 is 0 Å². The maximum Gasteiger partial charge on any atom is 0.175 e. The number of rotatable bonds is 9. The average Bonchev–Trinajstić information content (AvgIpc) is 2.78. The van der Waals surface area contributed by atoms with Gasteiger partial charge in [0.2, 0.25) is 0 Å². The Bertz CT molecular complexity index is 1090. The fourth-order valence-electron chi connectivity index (χ4n) is 2.76. The molecule has 0 aliphatic carbocycles. The van der Waals surface area contributed by atoms with Crippen molar-refractivity contribution < 1.29 is 18.7 Å². The van der Waals surface area contributed by atoms with E-state index in [-0.39, 0.29) is 19.0 Å². The summed E-state index contributed by atoms with van der Waals surface area (Å²) in [6, 6.07) is 19.1. The van der Waals surface area contributed by atoms with Crippen LogP contribution < -0.4 is 9.47 Å². The van der Waals surface area contributed by atoms with E-state index in [0.29, 0.717) is 28.1 Å². The Kier molecular flexibility index (Phi) is 8.02. The zero-order valence-corrected chi connectivity index (χ0v) is 18.4. The van der Waals surface area contributed by atoms with Gasteiger partial charge in [0.1, 0.15) is 19.0 Å². The van der Waals surface area contributed by atoms with Gasteiger partial charge in [-0.1, -0.05) is 35.5 Å². The number of hydrogen-bond donors (Lipinski definition) is 0. The van der Waals surface area contributed by atoms with Crippen molar-refractivity contribution in [1.82, 2.24) is 0 Å². The van der Waals surface area contributed by atoms with Gasteiger partial charge in [0, 0.05) is 11.1 Å². The maximum atomic E-state index is 13.1. The molecule has 0 radical (unpaired) electrons. The van der Waals surface area contributed by atoms with Crippen LogP contribution in [-0.2, 0) is 18.1 Å². The Hall–Kier alpha value is -3.37. The maximum absolute atomic E-state index is 13.1. The van der Waals surface area contributed by atoms with Crippen molar-refractivity contribution in [2.24, 2.45) is 5.16 Å². The molecule has 0 atom stereocenters. The highest BCUT2D eigenvalue weighted by Gasteiger charge is 2.12. The third-order valence-electron chi connectivity index (χ3n) is 4.26. The van der Waals surface area contributed by atoms with E-state index in [1.807, 2.05) is 25.1 Å². The van der Waals surface area contributed by atoms with Crippen molar-refractivity contribution >= 4 is 22.1 Å². The van der Waals surface area contributed by atoms with Gasteiger partial charge < -0.3 is 14.3 Å². The number of oxime groups is 1. The van der Waals surface area contributed by atoms with Crippen molar-refractivity contribution in [2.45, 2.75) is 20.1 Å². The van der Waals surface area contributed by atoms with Gasteiger partial charge >= 0.3 is 0 Å². The highest BCUT2D eigenvalue weighted by Crippen LogP contribution is 2.37. The van der Waals surface area contributed by atoms with E-state index in [1.54, 1.807) is 36.5 Å². The van der Waals surface area contributed by atoms with Crippen molar-refractivity contribution in [3.05, 3.63) is 93.2 Å². The summed E-state index contributed by atoms with van der Waals surface area (Å²) < 4.78 is 25.4. The molecule has 5 nitrogen and oxygen atoms in total. The summed E-state index contributed by atoms with van der Waals surface area (Å²) in [5, 5.41) is 13.1. The van der Waals surface area contributed by atoms with E-state index in [2.05, 4.69) is 27.2 Å². The summed E-state index contributed by atoms with van der Waals surface area (Å²) in [6.45, 7) is 2.81. The Morgan fingerprint density at radius 3 is 2.58 bits per heavy atom. The first-order chi connectivity index (χ1) is 15.1. The lowest BCUT2D eigenvalue weighted by atomic mass is 10.1. The quantitative estimate of drug-likeness (QED) is 0.277. The second-order valence-electron chi connectivity index (χ2n) is 6.46. The molecule has 0 bridgehead atoms. The number of halogens is 2. The van der Waals surface area contributed by atoms with Crippen molar-refractivity contribution in [3.8, 4) is 17.6 Å². The summed E-state index contributed by atoms with van der Waals surface area (Å²) in [7, 11) is 0. The fourth-order valence-corrected chi connectivity index (χ4v) is 3.34. The molecule has 0 N–H and O–H groups in total. The van der Waals surface area contributed by atoms with Crippen LogP contribution in [0.3, 0.4) is 0 Å². The van der Waals surface area contributed by atoms with Gasteiger partial charge in [-0.15, -0.1) is 0 Å². The van der Waals surface area contributed by atoms with Gasteiger partial charge in [-0.05, 0) is 58.7 Å². The van der Waals surface area contributed by atoms with Crippen molar-refractivity contribution in [1.29, 1.82) is 5.26 Å². The van der Waals surface area contributed by atoms with Crippen molar-refractivity contribution in [3.63, 3.8) is 0 Å². The molecule has 0 heterocycles. The second kappa shape index (κ2) is 11.1. The zero-order valence-electron chi connectivity index (χ0n) is 16.8. The molecule has 3 aromatic rings. The second-order valence-corrected chi connectivity index (χ2v) is 7.31. The normalized spacial score (nSPS) is 10.6. The summed E-state index contributed by atoms with van der Waals surface area (Å²) in [6.07, 6.45) is 1.56. The smallest absolute Gasteiger partial charge is 0.175 e. The minimum atomic E-state index is -0.290. The number of ether oxygens (including phenoxy) is 2. The van der Waals surface area contributed by atoms with E-state index in [4.69, 9.17) is 19.6 Å². The summed E-state index contributed by atoms with van der Waals surface area (Å²) in [4.78, 5) is 5.35. The van der Waals surface area contributed by atoms with Crippen LogP contribution in [0.25, 0.3) is 0 Å². The summed E-state index contributed by atoms with van der Waals surface area (Å²) in [5.41, 5.74) is 2.91. The Balaban J connectivity index is 1.69. The monoisotopic (exact) mass is 482 g/mol. The minimum absolute atomic E-state index is 0.193. The largest absolute Gasteiger partial charge is 0.490 e. The molecule has 3 rings (SSSR count). The first-order valence-corrected chi connectivity index (χ1v) is 10.4. The third kappa shape index (κ3) is 6.30.